The molecule has 130 valence electrons. The molecule has 0 aliphatic heterocycles. The molecule has 1 heterocycles. The first-order chi connectivity index (χ1) is 11.5. The van der Waals surface area contributed by atoms with Crippen LogP contribution in [-0.2, 0) is 11.3 Å². The van der Waals surface area contributed by atoms with Gasteiger partial charge in [0.2, 0.25) is 5.91 Å². The lowest BCUT2D eigenvalue weighted by Crippen LogP contribution is -2.35. The number of nitrogens with zero attached hydrogens (tertiary/aromatic N) is 3. The molecule has 1 amide bonds. The maximum Gasteiger partial charge on any atom is 0.220 e. The molecule has 2 rings (SSSR count). The lowest BCUT2D eigenvalue weighted by atomic mass is 10.2. The van der Waals surface area contributed by atoms with E-state index in [2.05, 4.69) is 15.4 Å². The zero-order valence-electron chi connectivity index (χ0n) is 13.5. The predicted octanol–water partition coefficient (Wildman–Crippen LogP) is 1.58. The summed E-state index contributed by atoms with van der Waals surface area (Å²) in [6, 6.07) is 5.29. The Morgan fingerprint density at radius 3 is 3.04 bits per heavy atom. The number of carbonyl (C=O) groups is 1. The molecule has 7 nitrogen and oxygen atoms in total. The largest absolute Gasteiger partial charge is 0.491 e. The molecule has 2 aromatic rings. The third-order valence-corrected chi connectivity index (χ3v) is 3.79. The first-order valence-corrected chi connectivity index (χ1v) is 8.08. The van der Waals surface area contributed by atoms with Gasteiger partial charge >= 0.3 is 0 Å². The molecule has 8 heteroatoms. The van der Waals surface area contributed by atoms with Gasteiger partial charge in [-0.1, -0.05) is 11.6 Å². The van der Waals surface area contributed by atoms with Crippen LogP contribution in [0, 0.1) is 6.92 Å². The highest BCUT2D eigenvalue weighted by molar-refractivity contribution is 6.31. The van der Waals surface area contributed by atoms with Gasteiger partial charge in [-0.25, -0.2) is 4.98 Å². The molecule has 0 bridgehead atoms. The Balaban J connectivity index is 1.60. The summed E-state index contributed by atoms with van der Waals surface area (Å²) in [7, 11) is 0. The zero-order chi connectivity index (χ0) is 17.4. The Kier molecular flexibility index (Phi) is 7.02. The molecule has 0 saturated heterocycles. The fraction of sp³-hybridized carbons (Fsp3) is 0.438. The molecule has 0 aliphatic carbocycles. The van der Waals surface area contributed by atoms with Crippen LogP contribution in [0.1, 0.15) is 18.4 Å². The van der Waals surface area contributed by atoms with Crippen molar-refractivity contribution in [2.24, 2.45) is 0 Å². The van der Waals surface area contributed by atoms with Crippen molar-refractivity contribution >= 4 is 17.5 Å². The van der Waals surface area contributed by atoms with E-state index in [0.717, 1.165) is 5.56 Å². The summed E-state index contributed by atoms with van der Waals surface area (Å²) >= 11 is 5.94. The van der Waals surface area contributed by atoms with Crippen LogP contribution in [0.4, 0.5) is 0 Å². The Morgan fingerprint density at radius 1 is 1.50 bits per heavy atom. The molecule has 0 spiro atoms. The number of hydrogen-bond acceptors (Lipinski definition) is 5. The van der Waals surface area contributed by atoms with Gasteiger partial charge in [-0.05, 0) is 37.1 Å². The number of nitrogens with one attached hydrogen (secondary N) is 1. The molecule has 0 aliphatic rings. The first kappa shape index (κ1) is 18.2. The van der Waals surface area contributed by atoms with E-state index in [1.165, 1.54) is 6.33 Å². The molecule has 1 aromatic heterocycles. The van der Waals surface area contributed by atoms with E-state index in [0.29, 0.717) is 30.2 Å². The summed E-state index contributed by atoms with van der Waals surface area (Å²) in [5.41, 5.74) is 0.907. The normalized spacial score (nSPS) is 12.0. The van der Waals surface area contributed by atoms with E-state index >= 15 is 0 Å². The monoisotopic (exact) mass is 352 g/mol. The van der Waals surface area contributed by atoms with Gasteiger partial charge in [-0.2, -0.15) is 5.10 Å². The second-order valence-electron chi connectivity index (χ2n) is 5.44. The first-order valence-electron chi connectivity index (χ1n) is 7.70. The Bertz CT molecular complexity index is 649. The van der Waals surface area contributed by atoms with Gasteiger partial charge in [0.1, 0.15) is 31.1 Å². The van der Waals surface area contributed by atoms with Crippen LogP contribution in [0.25, 0.3) is 0 Å². The Morgan fingerprint density at radius 2 is 2.33 bits per heavy atom. The number of rotatable bonds is 9. The van der Waals surface area contributed by atoms with Crippen LogP contribution in [0.3, 0.4) is 0 Å². The zero-order valence-corrected chi connectivity index (χ0v) is 14.2. The molecule has 2 N–H and O–H groups in total. The number of aliphatic hydroxyl groups is 1. The molecule has 0 saturated carbocycles. The van der Waals surface area contributed by atoms with Crippen molar-refractivity contribution in [1.82, 2.24) is 20.1 Å². The lowest BCUT2D eigenvalue weighted by Gasteiger charge is -2.14. The number of amides is 1. The number of hydrogen-bond donors (Lipinski definition) is 2. The number of carbonyl (C=O) groups excluding carboxylic acids is 1. The fourth-order valence-corrected chi connectivity index (χ4v) is 2.15. The van der Waals surface area contributed by atoms with Gasteiger partial charge in [0, 0.05) is 24.5 Å². The van der Waals surface area contributed by atoms with Gasteiger partial charge in [-0.15, -0.1) is 0 Å². The minimum Gasteiger partial charge on any atom is -0.491 e. The summed E-state index contributed by atoms with van der Waals surface area (Å²) in [6.45, 7) is 2.76. The molecule has 24 heavy (non-hydrogen) atoms. The minimum atomic E-state index is -0.778. The van der Waals surface area contributed by atoms with E-state index in [9.17, 15) is 9.90 Å². The number of halogens is 1. The Labute approximate surface area is 145 Å². The highest BCUT2D eigenvalue weighted by Crippen LogP contribution is 2.21. The SMILES string of the molecule is Cc1cc(OCC(O)CNC(=O)CCCn2cncn2)ccc1Cl. The highest BCUT2D eigenvalue weighted by Gasteiger charge is 2.09. The Hall–Kier alpha value is -2.12. The third kappa shape index (κ3) is 6.17. The molecular formula is C16H21ClN4O3. The van der Waals surface area contributed by atoms with Crippen LogP contribution in [0.5, 0.6) is 5.75 Å². The second kappa shape index (κ2) is 9.24. The third-order valence-electron chi connectivity index (χ3n) is 3.36. The van der Waals surface area contributed by atoms with Crippen molar-refractivity contribution in [3.63, 3.8) is 0 Å². The summed E-state index contributed by atoms with van der Waals surface area (Å²) in [5, 5.41) is 17.2. The van der Waals surface area contributed by atoms with Crippen molar-refractivity contribution < 1.29 is 14.6 Å². The van der Waals surface area contributed by atoms with Crippen LogP contribution in [0.15, 0.2) is 30.9 Å². The van der Waals surface area contributed by atoms with E-state index in [-0.39, 0.29) is 19.1 Å². The number of aromatic nitrogens is 3. The van der Waals surface area contributed by atoms with Crippen LogP contribution in [0.2, 0.25) is 5.02 Å². The smallest absolute Gasteiger partial charge is 0.220 e. The summed E-state index contributed by atoms with van der Waals surface area (Å²) in [4.78, 5) is 15.5. The molecule has 1 unspecified atom stereocenters. The van der Waals surface area contributed by atoms with Gasteiger partial charge in [0.25, 0.3) is 0 Å². The summed E-state index contributed by atoms with van der Waals surface area (Å²) < 4.78 is 7.16. The fourth-order valence-electron chi connectivity index (χ4n) is 2.03. The summed E-state index contributed by atoms with van der Waals surface area (Å²) in [6.07, 6.45) is 3.31. The van der Waals surface area contributed by atoms with Crippen LogP contribution < -0.4 is 10.1 Å². The maximum atomic E-state index is 11.7. The lowest BCUT2D eigenvalue weighted by molar-refractivity contribution is -0.121. The minimum absolute atomic E-state index is 0.0975. The van der Waals surface area contributed by atoms with Crippen molar-refractivity contribution in [3.05, 3.63) is 41.4 Å². The van der Waals surface area contributed by atoms with Gasteiger partial charge in [0.05, 0.1) is 0 Å². The number of aliphatic hydroxyl groups excluding tert-OH is 1. The van der Waals surface area contributed by atoms with Crippen LogP contribution in [-0.4, -0.2) is 45.0 Å². The topological polar surface area (TPSA) is 89.3 Å². The van der Waals surface area contributed by atoms with Gasteiger partial charge in [-0.3, -0.25) is 9.48 Å². The molecule has 1 aromatic carbocycles. The number of aryl methyl sites for hydroxylation is 2. The van der Waals surface area contributed by atoms with Crippen molar-refractivity contribution in [2.75, 3.05) is 13.2 Å². The standard InChI is InChI=1S/C16H21ClN4O3/c1-12-7-14(4-5-15(12)17)24-9-13(22)8-19-16(23)3-2-6-21-11-18-10-20-21/h4-5,7,10-11,13,22H,2-3,6,8-9H2,1H3,(H,19,23). The maximum absolute atomic E-state index is 11.7. The van der Waals surface area contributed by atoms with Crippen molar-refractivity contribution in [3.8, 4) is 5.75 Å². The predicted molar refractivity (Wildman–Crippen MR) is 90.0 cm³/mol. The number of benzene rings is 1. The van der Waals surface area contributed by atoms with E-state index in [4.69, 9.17) is 16.3 Å². The molecule has 0 radical (unpaired) electrons. The summed E-state index contributed by atoms with van der Waals surface area (Å²) in [5.74, 6) is 0.520. The molecular weight excluding hydrogens is 332 g/mol. The number of ether oxygens (including phenoxy) is 1. The van der Waals surface area contributed by atoms with Crippen molar-refractivity contribution in [2.45, 2.75) is 32.4 Å². The van der Waals surface area contributed by atoms with E-state index in [1.807, 2.05) is 6.92 Å². The molecule has 0 fully saturated rings. The van der Waals surface area contributed by atoms with Gasteiger partial charge < -0.3 is 15.2 Å². The average molecular weight is 353 g/mol. The van der Waals surface area contributed by atoms with Gasteiger partial charge in [0.15, 0.2) is 0 Å². The van der Waals surface area contributed by atoms with E-state index < -0.39 is 6.10 Å². The highest BCUT2D eigenvalue weighted by atomic mass is 35.5. The second-order valence-corrected chi connectivity index (χ2v) is 5.85. The average Bonchev–Trinajstić information content (AvgIpc) is 3.07. The molecule has 1 atom stereocenters. The quantitative estimate of drug-likeness (QED) is 0.715. The van der Waals surface area contributed by atoms with Crippen LogP contribution >= 0.6 is 11.6 Å². The van der Waals surface area contributed by atoms with E-state index in [1.54, 1.807) is 29.2 Å². The van der Waals surface area contributed by atoms with Crippen molar-refractivity contribution in [1.29, 1.82) is 0 Å².